The zero-order chi connectivity index (χ0) is 13.8. The average Bonchev–Trinajstić information content (AvgIpc) is 2.40. The van der Waals surface area contributed by atoms with E-state index in [1.54, 1.807) is 0 Å². The summed E-state index contributed by atoms with van der Waals surface area (Å²) in [5.41, 5.74) is 3.29. The third-order valence-electron chi connectivity index (χ3n) is 2.94. The van der Waals surface area contributed by atoms with Crippen molar-refractivity contribution in [1.29, 1.82) is 0 Å². The van der Waals surface area contributed by atoms with Crippen molar-refractivity contribution < 1.29 is 0 Å². The van der Waals surface area contributed by atoms with Gasteiger partial charge < -0.3 is 5.32 Å². The number of hydrogen-bond acceptors (Lipinski definition) is 1. The lowest BCUT2D eigenvalue weighted by Crippen LogP contribution is -2.10. The molecule has 0 saturated carbocycles. The van der Waals surface area contributed by atoms with E-state index in [1.807, 2.05) is 24.3 Å². The van der Waals surface area contributed by atoms with E-state index in [1.165, 1.54) is 5.56 Å². The van der Waals surface area contributed by atoms with Gasteiger partial charge in [0.15, 0.2) is 0 Å². The van der Waals surface area contributed by atoms with E-state index in [2.05, 4.69) is 43.4 Å². The zero-order valence-corrected chi connectivity index (χ0v) is 12.6. The summed E-state index contributed by atoms with van der Waals surface area (Å²) in [6.45, 7) is 4.36. The van der Waals surface area contributed by atoms with Gasteiger partial charge in [-0.1, -0.05) is 61.9 Å². The largest absolute Gasteiger partial charge is 0.346 e. The molecule has 2 aromatic carbocycles. The fourth-order valence-corrected chi connectivity index (χ4v) is 2.14. The van der Waals surface area contributed by atoms with Gasteiger partial charge in [0, 0.05) is 16.3 Å². The van der Waals surface area contributed by atoms with E-state index in [0.717, 1.165) is 11.3 Å². The van der Waals surface area contributed by atoms with E-state index < -0.39 is 0 Å². The van der Waals surface area contributed by atoms with Gasteiger partial charge in [0.25, 0.3) is 0 Å². The average molecular weight is 290 g/mol. The molecule has 98 valence electrons. The molecule has 0 unspecified atom stereocenters. The Morgan fingerprint density at radius 1 is 1.00 bits per heavy atom. The van der Waals surface area contributed by atoms with E-state index in [-0.39, 0.29) is 0 Å². The van der Waals surface area contributed by atoms with Crippen molar-refractivity contribution in [1.82, 2.24) is 0 Å². The van der Waals surface area contributed by atoms with Crippen molar-refractivity contribution >= 4 is 34.5 Å². The Bertz CT molecular complexity index is 558. The first-order chi connectivity index (χ1) is 9.06. The maximum absolute atomic E-state index is 5.86. The van der Waals surface area contributed by atoms with Crippen LogP contribution in [-0.2, 0) is 0 Å². The first-order valence-corrected chi connectivity index (χ1v) is 7.02. The van der Waals surface area contributed by atoms with Crippen LogP contribution in [0.5, 0.6) is 0 Å². The lowest BCUT2D eigenvalue weighted by molar-refractivity contribution is 0.867. The van der Waals surface area contributed by atoms with Crippen LogP contribution >= 0.6 is 23.8 Å². The molecule has 0 amide bonds. The lowest BCUT2D eigenvalue weighted by atomic mass is 10.0. The predicted molar refractivity (Wildman–Crippen MR) is 87.3 cm³/mol. The van der Waals surface area contributed by atoms with Crippen molar-refractivity contribution in [2.24, 2.45) is 0 Å². The van der Waals surface area contributed by atoms with E-state index >= 15 is 0 Å². The van der Waals surface area contributed by atoms with Crippen LogP contribution in [0.2, 0.25) is 5.02 Å². The minimum atomic E-state index is 0.539. The number of thiocarbonyl (C=S) groups is 1. The molecule has 19 heavy (non-hydrogen) atoms. The molecule has 0 bridgehead atoms. The number of nitrogens with one attached hydrogen (secondary N) is 1. The minimum absolute atomic E-state index is 0.539. The maximum Gasteiger partial charge on any atom is 0.110 e. The molecule has 0 aromatic heterocycles. The van der Waals surface area contributed by atoms with Crippen LogP contribution in [0.15, 0.2) is 48.5 Å². The van der Waals surface area contributed by atoms with Gasteiger partial charge >= 0.3 is 0 Å². The number of benzene rings is 2. The topological polar surface area (TPSA) is 12.0 Å². The zero-order valence-electron chi connectivity index (χ0n) is 11.0. The summed E-state index contributed by atoms with van der Waals surface area (Å²) in [7, 11) is 0. The van der Waals surface area contributed by atoms with Crippen molar-refractivity contribution in [3.8, 4) is 0 Å². The molecule has 0 spiro atoms. The molecule has 0 radical (unpaired) electrons. The molecule has 0 aliphatic rings. The first kappa shape index (κ1) is 14.0. The molecular formula is C16H16ClNS. The highest BCUT2D eigenvalue weighted by atomic mass is 35.5. The maximum atomic E-state index is 5.86. The molecule has 0 aliphatic heterocycles. The van der Waals surface area contributed by atoms with Crippen molar-refractivity contribution in [3.05, 3.63) is 64.7 Å². The van der Waals surface area contributed by atoms with Gasteiger partial charge in [-0.3, -0.25) is 0 Å². The van der Waals surface area contributed by atoms with Crippen LogP contribution in [0.3, 0.4) is 0 Å². The van der Waals surface area contributed by atoms with Gasteiger partial charge in [0.2, 0.25) is 0 Å². The van der Waals surface area contributed by atoms with E-state index in [4.69, 9.17) is 23.8 Å². The molecular weight excluding hydrogens is 274 g/mol. The van der Waals surface area contributed by atoms with Crippen molar-refractivity contribution in [2.45, 2.75) is 19.8 Å². The third kappa shape index (κ3) is 3.79. The molecule has 0 saturated heterocycles. The summed E-state index contributed by atoms with van der Waals surface area (Å²) in [5, 5.41) is 3.95. The van der Waals surface area contributed by atoms with Gasteiger partial charge in [0.05, 0.1) is 0 Å². The molecule has 1 nitrogen and oxygen atoms in total. The molecule has 1 N–H and O–H groups in total. The normalized spacial score (nSPS) is 10.5. The Morgan fingerprint density at radius 3 is 2.11 bits per heavy atom. The molecule has 0 aliphatic carbocycles. The molecule has 0 atom stereocenters. The third-order valence-corrected chi connectivity index (χ3v) is 3.53. The summed E-state index contributed by atoms with van der Waals surface area (Å²) in [6.07, 6.45) is 0. The SMILES string of the molecule is CC(C)c1ccc(NC(=S)c2ccc(Cl)cc2)cc1. The van der Waals surface area contributed by atoms with E-state index in [0.29, 0.717) is 15.9 Å². The summed E-state index contributed by atoms with van der Waals surface area (Å²) in [4.78, 5) is 0.703. The Morgan fingerprint density at radius 2 is 1.58 bits per heavy atom. The lowest BCUT2D eigenvalue weighted by Gasteiger charge is -2.10. The monoisotopic (exact) mass is 289 g/mol. The Balaban J connectivity index is 2.08. The Labute approximate surface area is 124 Å². The summed E-state index contributed by atoms with van der Waals surface area (Å²) in [5.74, 6) is 0.539. The summed E-state index contributed by atoms with van der Waals surface area (Å²) >= 11 is 11.2. The molecule has 2 aromatic rings. The second-order valence-electron chi connectivity index (χ2n) is 4.74. The fourth-order valence-electron chi connectivity index (χ4n) is 1.76. The second kappa shape index (κ2) is 6.18. The highest BCUT2D eigenvalue weighted by molar-refractivity contribution is 7.81. The van der Waals surface area contributed by atoms with Gasteiger partial charge in [0.1, 0.15) is 4.99 Å². The number of hydrogen-bond donors (Lipinski definition) is 1. The Hall–Kier alpha value is -1.38. The highest BCUT2D eigenvalue weighted by Crippen LogP contribution is 2.18. The number of halogens is 1. The standard InChI is InChI=1S/C16H16ClNS/c1-11(2)12-5-9-15(10-6-12)18-16(19)13-3-7-14(17)8-4-13/h3-11H,1-2H3,(H,18,19). The van der Waals surface area contributed by atoms with Gasteiger partial charge in [-0.15, -0.1) is 0 Å². The van der Waals surface area contributed by atoms with Crippen LogP contribution in [-0.4, -0.2) is 4.99 Å². The predicted octanol–water partition coefficient (Wildman–Crippen LogP) is 5.25. The summed E-state index contributed by atoms with van der Waals surface area (Å²) < 4.78 is 0. The molecule has 3 heteroatoms. The quantitative estimate of drug-likeness (QED) is 0.774. The fraction of sp³-hybridized carbons (Fsp3) is 0.188. The van der Waals surface area contributed by atoms with Crippen LogP contribution in [0.4, 0.5) is 5.69 Å². The van der Waals surface area contributed by atoms with Crippen LogP contribution in [0.1, 0.15) is 30.9 Å². The van der Waals surface area contributed by atoms with Crippen LogP contribution in [0, 0.1) is 0 Å². The molecule has 2 rings (SSSR count). The summed E-state index contributed by atoms with van der Waals surface area (Å²) in [6, 6.07) is 15.9. The van der Waals surface area contributed by atoms with Gasteiger partial charge in [-0.2, -0.15) is 0 Å². The second-order valence-corrected chi connectivity index (χ2v) is 5.58. The highest BCUT2D eigenvalue weighted by Gasteiger charge is 2.03. The number of rotatable bonds is 3. The number of anilines is 1. The van der Waals surface area contributed by atoms with Crippen molar-refractivity contribution in [2.75, 3.05) is 5.32 Å². The first-order valence-electron chi connectivity index (χ1n) is 6.23. The van der Waals surface area contributed by atoms with Crippen LogP contribution < -0.4 is 5.32 Å². The molecule has 0 fully saturated rings. The Kier molecular flexibility index (Phi) is 4.56. The van der Waals surface area contributed by atoms with Crippen LogP contribution in [0.25, 0.3) is 0 Å². The minimum Gasteiger partial charge on any atom is -0.346 e. The van der Waals surface area contributed by atoms with E-state index in [9.17, 15) is 0 Å². The van der Waals surface area contributed by atoms with Gasteiger partial charge in [-0.05, 0) is 35.7 Å². The smallest absolute Gasteiger partial charge is 0.110 e. The van der Waals surface area contributed by atoms with Crippen molar-refractivity contribution in [3.63, 3.8) is 0 Å². The molecule has 0 heterocycles. The van der Waals surface area contributed by atoms with Gasteiger partial charge in [-0.25, -0.2) is 0 Å².